The third-order valence-corrected chi connectivity index (χ3v) is 3.59. The van der Waals surface area contributed by atoms with Gasteiger partial charge in [0.05, 0.1) is 24.2 Å². The van der Waals surface area contributed by atoms with Crippen molar-refractivity contribution < 1.29 is 9.21 Å². The first-order valence-electron chi connectivity index (χ1n) is 6.91. The van der Waals surface area contributed by atoms with Gasteiger partial charge in [-0.15, -0.1) is 0 Å². The first kappa shape index (κ1) is 12.8. The second kappa shape index (κ2) is 5.40. The van der Waals surface area contributed by atoms with Crippen LogP contribution in [0.15, 0.2) is 35.2 Å². The minimum atomic E-state index is -0.0976. The molecule has 0 saturated carbocycles. The van der Waals surface area contributed by atoms with Crippen molar-refractivity contribution in [1.82, 2.24) is 14.7 Å². The quantitative estimate of drug-likeness (QED) is 0.936. The van der Waals surface area contributed by atoms with Crippen LogP contribution in [0.25, 0.3) is 0 Å². The lowest BCUT2D eigenvalue weighted by molar-refractivity contribution is 0.200. The van der Waals surface area contributed by atoms with Gasteiger partial charge < -0.3 is 14.6 Å². The van der Waals surface area contributed by atoms with Crippen molar-refractivity contribution >= 4 is 11.7 Å². The number of anilines is 1. The second-order valence-corrected chi connectivity index (χ2v) is 4.88. The summed E-state index contributed by atoms with van der Waals surface area (Å²) >= 11 is 0. The van der Waals surface area contributed by atoms with Crippen LogP contribution in [-0.4, -0.2) is 27.3 Å². The smallest absolute Gasteiger partial charge is 0.322 e. The molecule has 3 heterocycles. The van der Waals surface area contributed by atoms with Crippen molar-refractivity contribution in [3.63, 3.8) is 0 Å². The molecule has 1 saturated heterocycles. The summed E-state index contributed by atoms with van der Waals surface area (Å²) in [4.78, 5) is 14.2. The Balaban J connectivity index is 1.70. The van der Waals surface area contributed by atoms with Crippen molar-refractivity contribution in [3.8, 4) is 0 Å². The van der Waals surface area contributed by atoms with E-state index in [-0.39, 0.29) is 12.1 Å². The maximum atomic E-state index is 12.4. The van der Waals surface area contributed by atoms with Crippen LogP contribution in [0.5, 0.6) is 0 Å². The maximum absolute atomic E-state index is 12.4. The number of aryl methyl sites for hydroxylation is 1. The number of rotatable bonds is 3. The van der Waals surface area contributed by atoms with Crippen molar-refractivity contribution in [2.24, 2.45) is 0 Å². The first-order valence-corrected chi connectivity index (χ1v) is 6.91. The molecule has 106 valence electrons. The zero-order valence-corrected chi connectivity index (χ0v) is 11.5. The van der Waals surface area contributed by atoms with E-state index in [4.69, 9.17) is 4.42 Å². The van der Waals surface area contributed by atoms with Crippen LogP contribution in [0.4, 0.5) is 10.5 Å². The number of carbonyl (C=O) groups excluding carboxylic acids is 1. The number of nitrogens with zero attached hydrogens (tertiary/aromatic N) is 3. The van der Waals surface area contributed by atoms with Crippen molar-refractivity contribution in [1.29, 1.82) is 0 Å². The number of amides is 2. The van der Waals surface area contributed by atoms with Crippen LogP contribution in [0.2, 0.25) is 0 Å². The third kappa shape index (κ3) is 2.41. The molecule has 1 fully saturated rings. The molecule has 2 aromatic heterocycles. The van der Waals surface area contributed by atoms with E-state index < -0.39 is 0 Å². The van der Waals surface area contributed by atoms with Gasteiger partial charge >= 0.3 is 6.03 Å². The van der Waals surface area contributed by atoms with Gasteiger partial charge in [0, 0.05) is 19.3 Å². The molecule has 0 unspecified atom stereocenters. The van der Waals surface area contributed by atoms with Crippen LogP contribution in [0.3, 0.4) is 0 Å². The molecule has 1 N–H and O–H groups in total. The van der Waals surface area contributed by atoms with E-state index >= 15 is 0 Å². The predicted octanol–water partition coefficient (Wildman–Crippen LogP) is 2.87. The molecule has 2 aromatic rings. The summed E-state index contributed by atoms with van der Waals surface area (Å²) in [7, 11) is 0. The summed E-state index contributed by atoms with van der Waals surface area (Å²) < 4.78 is 7.21. The fourth-order valence-corrected chi connectivity index (χ4v) is 2.58. The first-order chi connectivity index (χ1) is 9.78. The molecule has 1 aliphatic rings. The average Bonchev–Trinajstić information content (AvgIpc) is 3.19. The second-order valence-electron chi connectivity index (χ2n) is 4.88. The molecule has 1 aliphatic heterocycles. The Labute approximate surface area is 117 Å². The van der Waals surface area contributed by atoms with E-state index in [0.717, 1.165) is 37.4 Å². The van der Waals surface area contributed by atoms with Crippen LogP contribution in [0, 0.1) is 0 Å². The molecule has 0 bridgehead atoms. The van der Waals surface area contributed by atoms with Gasteiger partial charge in [-0.05, 0) is 31.9 Å². The Morgan fingerprint density at radius 1 is 1.60 bits per heavy atom. The Morgan fingerprint density at radius 3 is 3.20 bits per heavy atom. The number of likely N-dealkylation sites (tertiary alicyclic amines) is 1. The van der Waals surface area contributed by atoms with Crippen LogP contribution >= 0.6 is 0 Å². The van der Waals surface area contributed by atoms with Crippen LogP contribution < -0.4 is 5.32 Å². The zero-order valence-electron chi connectivity index (χ0n) is 11.5. The molecule has 20 heavy (non-hydrogen) atoms. The molecule has 3 rings (SSSR count). The van der Waals surface area contributed by atoms with Crippen molar-refractivity contribution in [2.75, 3.05) is 11.9 Å². The fourth-order valence-electron chi connectivity index (χ4n) is 2.58. The van der Waals surface area contributed by atoms with Gasteiger partial charge in [0.2, 0.25) is 0 Å². The summed E-state index contributed by atoms with van der Waals surface area (Å²) in [5, 5.41) is 7.04. The number of aromatic nitrogens is 2. The highest BCUT2D eigenvalue weighted by Crippen LogP contribution is 2.32. The Hall–Kier alpha value is -2.24. The highest BCUT2D eigenvalue weighted by molar-refractivity contribution is 5.89. The zero-order chi connectivity index (χ0) is 13.9. The number of furan rings is 1. The number of nitrogens with one attached hydrogen (secondary N) is 1. The summed E-state index contributed by atoms with van der Waals surface area (Å²) in [6.45, 7) is 3.54. The van der Waals surface area contributed by atoms with E-state index in [2.05, 4.69) is 10.4 Å². The molecule has 2 amide bonds. The maximum Gasteiger partial charge on any atom is 0.322 e. The van der Waals surface area contributed by atoms with E-state index in [1.54, 1.807) is 17.1 Å². The topological polar surface area (TPSA) is 63.3 Å². The molecular weight excluding hydrogens is 256 g/mol. The standard InChI is InChI=1S/C14H18N4O2/c1-2-17-10-11(9-15-17)16-14(19)18-7-3-5-12(18)13-6-4-8-20-13/h4,6,8-10,12H,2-3,5,7H2,1H3,(H,16,19)/t12-/m0/s1. The summed E-state index contributed by atoms with van der Waals surface area (Å²) in [5.41, 5.74) is 0.724. The monoisotopic (exact) mass is 274 g/mol. The number of carbonyl (C=O) groups is 1. The Morgan fingerprint density at radius 2 is 2.50 bits per heavy atom. The van der Waals surface area contributed by atoms with E-state index in [9.17, 15) is 4.79 Å². The Kier molecular flexibility index (Phi) is 3.45. The molecule has 1 atom stereocenters. The fraction of sp³-hybridized carbons (Fsp3) is 0.429. The molecule has 6 heteroatoms. The van der Waals surface area contributed by atoms with Crippen molar-refractivity contribution in [2.45, 2.75) is 32.4 Å². The van der Waals surface area contributed by atoms with Gasteiger partial charge in [0.1, 0.15) is 5.76 Å². The lowest BCUT2D eigenvalue weighted by atomic mass is 10.2. The normalized spacial score (nSPS) is 18.4. The van der Waals surface area contributed by atoms with Gasteiger partial charge in [0.15, 0.2) is 0 Å². The predicted molar refractivity (Wildman–Crippen MR) is 74.3 cm³/mol. The summed E-state index contributed by atoms with van der Waals surface area (Å²) in [6, 6.07) is 3.71. The summed E-state index contributed by atoms with van der Waals surface area (Å²) in [6.07, 6.45) is 7.08. The number of hydrogen-bond acceptors (Lipinski definition) is 3. The molecular formula is C14H18N4O2. The van der Waals surface area contributed by atoms with Gasteiger partial charge in [-0.25, -0.2) is 4.79 Å². The largest absolute Gasteiger partial charge is 0.467 e. The highest BCUT2D eigenvalue weighted by atomic mass is 16.3. The number of hydrogen-bond donors (Lipinski definition) is 1. The Bertz CT molecular complexity index is 576. The number of urea groups is 1. The lowest BCUT2D eigenvalue weighted by Gasteiger charge is -2.23. The molecule has 6 nitrogen and oxygen atoms in total. The minimum absolute atomic E-state index is 0.0335. The average molecular weight is 274 g/mol. The lowest BCUT2D eigenvalue weighted by Crippen LogP contribution is -2.34. The van der Waals surface area contributed by atoms with E-state index in [1.807, 2.05) is 30.2 Å². The van der Waals surface area contributed by atoms with E-state index in [0.29, 0.717) is 0 Å². The SMILES string of the molecule is CCn1cc(NC(=O)N2CCC[C@H]2c2ccco2)cn1. The third-order valence-electron chi connectivity index (χ3n) is 3.59. The van der Waals surface area contributed by atoms with Gasteiger partial charge in [-0.3, -0.25) is 4.68 Å². The minimum Gasteiger partial charge on any atom is -0.467 e. The molecule has 0 spiro atoms. The molecule has 0 radical (unpaired) electrons. The van der Waals surface area contributed by atoms with E-state index in [1.165, 1.54) is 0 Å². The van der Waals surface area contributed by atoms with Crippen molar-refractivity contribution in [3.05, 3.63) is 36.5 Å². The van der Waals surface area contributed by atoms with Crippen LogP contribution in [-0.2, 0) is 6.54 Å². The van der Waals surface area contributed by atoms with Gasteiger partial charge in [-0.1, -0.05) is 0 Å². The van der Waals surface area contributed by atoms with Crippen LogP contribution in [0.1, 0.15) is 31.6 Å². The summed E-state index contributed by atoms with van der Waals surface area (Å²) in [5.74, 6) is 0.849. The van der Waals surface area contributed by atoms with Gasteiger partial charge in [0.25, 0.3) is 0 Å². The molecule has 0 aromatic carbocycles. The van der Waals surface area contributed by atoms with Gasteiger partial charge in [-0.2, -0.15) is 5.10 Å². The molecule has 0 aliphatic carbocycles. The highest BCUT2D eigenvalue weighted by Gasteiger charge is 2.31.